The first kappa shape index (κ1) is 13.4. The fourth-order valence-corrected chi connectivity index (χ4v) is 1.07. The first-order chi connectivity index (χ1) is 6.60. The molecule has 0 aliphatic heterocycles. The predicted octanol–water partition coefficient (Wildman–Crippen LogP) is 0.0728. The molecule has 1 amide bonds. The van der Waals surface area contributed by atoms with Crippen molar-refractivity contribution >= 4 is 5.91 Å². The molecule has 0 saturated heterocycles. The van der Waals surface area contributed by atoms with Gasteiger partial charge in [-0.05, 0) is 12.5 Å². The molecule has 14 heavy (non-hydrogen) atoms. The largest absolute Gasteiger partial charge is 0.395 e. The summed E-state index contributed by atoms with van der Waals surface area (Å²) in [7, 11) is 0. The number of amides is 1. The Morgan fingerprint density at radius 3 is 2.57 bits per heavy atom. The van der Waals surface area contributed by atoms with Gasteiger partial charge in [-0.2, -0.15) is 0 Å². The first-order valence-electron chi connectivity index (χ1n) is 5.20. The fourth-order valence-electron chi connectivity index (χ4n) is 1.07. The standard InChI is InChI=1S/C10H22N2O2/c1-4-12(5-6-13)8-10(14)11-7-9(2)3/h9,13H,4-8H2,1-3H3,(H,11,14). The Labute approximate surface area is 86.3 Å². The van der Waals surface area contributed by atoms with Crippen molar-refractivity contribution in [1.82, 2.24) is 10.2 Å². The van der Waals surface area contributed by atoms with Gasteiger partial charge in [0, 0.05) is 13.1 Å². The van der Waals surface area contributed by atoms with E-state index in [0.29, 0.717) is 19.0 Å². The number of carbonyl (C=O) groups excluding carboxylic acids is 1. The second-order valence-electron chi connectivity index (χ2n) is 3.79. The Morgan fingerprint density at radius 1 is 1.50 bits per heavy atom. The molecule has 0 aliphatic carbocycles. The summed E-state index contributed by atoms with van der Waals surface area (Å²) in [5.74, 6) is 0.515. The van der Waals surface area contributed by atoms with Crippen molar-refractivity contribution in [3.63, 3.8) is 0 Å². The number of carbonyl (C=O) groups is 1. The molecule has 4 nitrogen and oxygen atoms in total. The zero-order valence-electron chi connectivity index (χ0n) is 9.42. The molecule has 0 atom stereocenters. The number of likely N-dealkylation sites (N-methyl/N-ethyl adjacent to an activating group) is 1. The summed E-state index contributed by atoms with van der Waals surface area (Å²) in [6.07, 6.45) is 0. The Morgan fingerprint density at radius 2 is 2.14 bits per heavy atom. The molecule has 0 aromatic carbocycles. The number of hydrogen-bond acceptors (Lipinski definition) is 3. The van der Waals surface area contributed by atoms with E-state index >= 15 is 0 Å². The maximum atomic E-state index is 11.4. The summed E-state index contributed by atoms with van der Waals surface area (Å²) < 4.78 is 0. The Balaban J connectivity index is 3.67. The number of aliphatic hydroxyl groups excluding tert-OH is 1. The summed E-state index contributed by atoms with van der Waals surface area (Å²) in [4.78, 5) is 13.3. The van der Waals surface area contributed by atoms with Crippen LogP contribution in [0.5, 0.6) is 0 Å². The topological polar surface area (TPSA) is 52.6 Å². The number of hydrogen-bond donors (Lipinski definition) is 2. The second-order valence-corrected chi connectivity index (χ2v) is 3.79. The highest BCUT2D eigenvalue weighted by molar-refractivity contribution is 5.77. The molecular weight excluding hydrogens is 180 g/mol. The van der Waals surface area contributed by atoms with Crippen LogP contribution < -0.4 is 5.32 Å². The van der Waals surface area contributed by atoms with Crippen molar-refractivity contribution in [3.05, 3.63) is 0 Å². The van der Waals surface area contributed by atoms with Crippen molar-refractivity contribution in [2.24, 2.45) is 5.92 Å². The molecular formula is C10H22N2O2. The SMILES string of the molecule is CCN(CCO)CC(=O)NCC(C)C. The third-order valence-corrected chi connectivity index (χ3v) is 1.94. The van der Waals surface area contributed by atoms with E-state index in [1.807, 2.05) is 11.8 Å². The number of nitrogens with one attached hydrogen (secondary N) is 1. The van der Waals surface area contributed by atoms with E-state index in [1.165, 1.54) is 0 Å². The van der Waals surface area contributed by atoms with Gasteiger partial charge in [0.15, 0.2) is 0 Å². The molecule has 0 bridgehead atoms. The molecule has 0 unspecified atom stereocenters. The second kappa shape index (κ2) is 7.76. The van der Waals surface area contributed by atoms with Gasteiger partial charge >= 0.3 is 0 Å². The van der Waals surface area contributed by atoms with Gasteiger partial charge < -0.3 is 10.4 Å². The van der Waals surface area contributed by atoms with E-state index in [9.17, 15) is 4.79 Å². The van der Waals surface area contributed by atoms with Gasteiger partial charge in [-0.25, -0.2) is 0 Å². The molecule has 0 saturated carbocycles. The minimum Gasteiger partial charge on any atom is -0.395 e. The lowest BCUT2D eigenvalue weighted by molar-refractivity contribution is -0.122. The Bertz CT molecular complexity index is 160. The lowest BCUT2D eigenvalue weighted by atomic mass is 10.2. The van der Waals surface area contributed by atoms with Crippen LogP contribution in [0.2, 0.25) is 0 Å². The van der Waals surface area contributed by atoms with Gasteiger partial charge in [-0.1, -0.05) is 20.8 Å². The zero-order chi connectivity index (χ0) is 11.0. The maximum Gasteiger partial charge on any atom is 0.234 e. The molecule has 0 aromatic heterocycles. The van der Waals surface area contributed by atoms with E-state index in [2.05, 4.69) is 19.2 Å². The summed E-state index contributed by atoms with van der Waals surface area (Å²) in [6.45, 7) is 8.65. The van der Waals surface area contributed by atoms with Gasteiger partial charge in [0.1, 0.15) is 0 Å². The molecule has 0 fully saturated rings. The van der Waals surface area contributed by atoms with Crippen molar-refractivity contribution < 1.29 is 9.90 Å². The quantitative estimate of drug-likeness (QED) is 0.614. The molecule has 0 heterocycles. The van der Waals surface area contributed by atoms with Gasteiger partial charge in [0.05, 0.1) is 13.2 Å². The van der Waals surface area contributed by atoms with Crippen molar-refractivity contribution in [3.8, 4) is 0 Å². The molecule has 2 N–H and O–H groups in total. The van der Waals surface area contributed by atoms with E-state index < -0.39 is 0 Å². The third-order valence-electron chi connectivity index (χ3n) is 1.94. The smallest absolute Gasteiger partial charge is 0.234 e. The number of rotatable bonds is 7. The van der Waals surface area contributed by atoms with Gasteiger partial charge in [-0.3, -0.25) is 9.69 Å². The van der Waals surface area contributed by atoms with Crippen LogP contribution in [0.15, 0.2) is 0 Å². The average molecular weight is 202 g/mol. The van der Waals surface area contributed by atoms with Crippen LogP contribution in [0.1, 0.15) is 20.8 Å². The van der Waals surface area contributed by atoms with Crippen molar-refractivity contribution in [2.45, 2.75) is 20.8 Å². The lowest BCUT2D eigenvalue weighted by Crippen LogP contribution is -2.39. The highest BCUT2D eigenvalue weighted by Gasteiger charge is 2.07. The van der Waals surface area contributed by atoms with E-state index in [4.69, 9.17) is 5.11 Å². The predicted molar refractivity (Wildman–Crippen MR) is 57.0 cm³/mol. The molecule has 4 heteroatoms. The fraction of sp³-hybridized carbons (Fsp3) is 0.900. The summed E-state index contributed by atoms with van der Waals surface area (Å²) in [6, 6.07) is 0. The van der Waals surface area contributed by atoms with Crippen LogP contribution in [0.25, 0.3) is 0 Å². The molecule has 0 radical (unpaired) electrons. The van der Waals surface area contributed by atoms with Crippen LogP contribution in [0.3, 0.4) is 0 Å². The minimum atomic E-state index is 0.0361. The summed E-state index contributed by atoms with van der Waals surface area (Å²) in [5, 5.41) is 11.6. The number of aliphatic hydroxyl groups is 1. The van der Waals surface area contributed by atoms with Gasteiger partial charge in [-0.15, -0.1) is 0 Å². The van der Waals surface area contributed by atoms with Gasteiger partial charge in [0.25, 0.3) is 0 Å². The maximum absolute atomic E-state index is 11.4. The first-order valence-corrected chi connectivity index (χ1v) is 5.20. The molecule has 84 valence electrons. The Kier molecular flexibility index (Phi) is 7.42. The Hall–Kier alpha value is -0.610. The van der Waals surface area contributed by atoms with E-state index in [0.717, 1.165) is 13.1 Å². The molecule has 0 spiro atoms. The van der Waals surface area contributed by atoms with E-state index in [1.54, 1.807) is 0 Å². The third kappa shape index (κ3) is 6.86. The minimum absolute atomic E-state index is 0.0361. The average Bonchev–Trinajstić information content (AvgIpc) is 2.14. The molecule has 0 aliphatic rings. The van der Waals surface area contributed by atoms with Crippen molar-refractivity contribution in [1.29, 1.82) is 0 Å². The van der Waals surface area contributed by atoms with Crippen LogP contribution in [-0.4, -0.2) is 48.7 Å². The van der Waals surface area contributed by atoms with Crippen LogP contribution in [0, 0.1) is 5.92 Å². The van der Waals surface area contributed by atoms with Gasteiger partial charge in [0.2, 0.25) is 5.91 Å². The highest BCUT2D eigenvalue weighted by atomic mass is 16.3. The number of nitrogens with zero attached hydrogens (tertiary/aromatic N) is 1. The normalized spacial score (nSPS) is 11.0. The highest BCUT2D eigenvalue weighted by Crippen LogP contribution is 1.89. The molecule has 0 rings (SSSR count). The molecule has 0 aromatic rings. The van der Waals surface area contributed by atoms with Crippen molar-refractivity contribution in [2.75, 3.05) is 32.8 Å². The van der Waals surface area contributed by atoms with Crippen LogP contribution in [-0.2, 0) is 4.79 Å². The van der Waals surface area contributed by atoms with Crippen LogP contribution >= 0.6 is 0 Å². The summed E-state index contributed by atoms with van der Waals surface area (Å²) in [5.41, 5.74) is 0. The monoisotopic (exact) mass is 202 g/mol. The summed E-state index contributed by atoms with van der Waals surface area (Å²) >= 11 is 0. The van der Waals surface area contributed by atoms with Crippen LogP contribution in [0.4, 0.5) is 0 Å². The zero-order valence-corrected chi connectivity index (χ0v) is 9.42. The van der Waals surface area contributed by atoms with E-state index in [-0.39, 0.29) is 12.5 Å². The lowest BCUT2D eigenvalue weighted by Gasteiger charge is -2.18.